The lowest BCUT2D eigenvalue weighted by atomic mass is 10.0. The number of nitriles is 1. The summed E-state index contributed by atoms with van der Waals surface area (Å²) >= 11 is 0. The first-order valence-corrected chi connectivity index (χ1v) is 9.59. The van der Waals surface area contributed by atoms with Crippen LogP contribution in [0.25, 0.3) is 0 Å². The predicted octanol–water partition coefficient (Wildman–Crippen LogP) is 3.48. The Kier molecular flexibility index (Phi) is 7.93. The van der Waals surface area contributed by atoms with Gasteiger partial charge in [0.25, 0.3) is 0 Å². The second-order valence-electron chi connectivity index (χ2n) is 7.34. The molecule has 6 nitrogen and oxygen atoms in total. The smallest absolute Gasteiger partial charge is 0.224 e. The van der Waals surface area contributed by atoms with E-state index in [1.165, 1.54) is 25.8 Å². The molecule has 1 aromatic rings. The summed E-state index contributed by atoms with van der Waals surface area (Å²) < 4.78 is 0. The molecule has 6 heteroatoms. The van der Waals surface area contributed by atoms with E-state index in [-0.39, 0.29) is 0 Å². The third-order valence-electron chi connectivity index (χ3n) is 4.77. The van der Waals surface area contributed by atoms with Crippen LogP contribution in [0.5, 0.6) is 0 Å². The Balaban J connectivity index is 1.80. The van der Waals surface area contributed by atoms with Gasteiger partial charge >= 0.3 is 0 Å². The van der Waals surface area contributed by atoms with Crippen molar-refractivity contribution in [1.29, 1.82) is 5.26 Å². The standard InChI is InChI=1S/C19H32N6/c1-15(2)8-10-21-18-17(13-20)14-23-19(24-18)22-9-6-12-25-11-5-4-7-16(25)3/h14-16H,4-12H2,1-3H3,(H2,21,22,23,24). The molecule has 0 spiro atoms. The molecule has 1 aliphatic rings. The minimum Gasteiger partial charge on any atom is -0.369 e. The molecule has 0 aromatic carbocycles. The van der Waals surface area contributed by atoms with E-state index in [2.05, 4.69) is 52.3 Å². The molecule has 1 fully saturated rings. The average Bonchev–Trinajstić information content (AvgIpc) is 2.60. The number of likely N-dealkylation sites (tertiary alicyclic amines) is 1. The van der Waals surface area contributed by atoms with Crippen LogP contribution in [-0.4, -0.2) is 47.1 Å². The molecule has 1 aromatic heterocycles. The zero-order chi connectivity index (χ0) is 18.1. The van der Waals surface area contributed by atoms with E-state index in [0.29, 0.717) is 29.3 Å². The summed E-state index contributed by atoms with van der Waals surface area (Å²) in [6, 6.07) is 2.86. The minimum absolute atomic E-state index is 0.497. The Labute approximate surface area is 152 Å². The van der Waals surface area contributed by atoms with Crippen molar-refractivity contribution in [2.24, 2.45) is 5.92 Å². The van der Waals surface area contributed by atoms with Crippen molar-refractivity contribution in [3.63, 3.8) is 0 Å². The van der Waals surface area contributed by atoms with Crippen molar-refractivity contribution in [2.75, 3.05) is 36.8 Å². The van der Waals surface area contributed by atoms with E-state index < -0.39 is 0 Å². The summed E-state index contributed by atoms with van der Waals surface area (Å²) in [6.45, 7) is 10.7. The highest BCUT2D eigenvalue weighted by Gasteiger charge is 2.17. The van der Waals surface area contributed by atoms with Crippen LogP contribution in [0.4, 0.5) is 11.8 Å². The zero-order valence-electron chi connectivity index (χ0n) is 15.9. The van der Waals surface area contributed by atoms with E-state index in [1.807, 2.05) is 0 Å². The molecule has 0 amide bonds. The average molecular weight is 345 g/mol. The molecule has 2 heterocycles. The Hall–Kier alpha value is -1.87. The summed E-state index contributed by atoms with van der Waals surface area (Å²) in [5.74, 6) is 1.85. The lowest BCUT2D eigenvalue weighted by molar-refractivity contribution is 0.160. The molecule has 1 unspecified atom stereocenters. The lowest BCUT2D eigenvalue weighted by Gasteiger charge is -2.33. The van der Waals surface area contributed by atoms with Gasteiger partial charge in [0.05, 0.1) is 6.20 Å². The number of aromatic nitrogens is 2. The third kappa shape index (κ3) is 6.50. The Morgan fingerprint density at radius 3 is 2.88 bits per heavy atom. The fourth-order valence-electron chi connectivity index (χ4n) is 3.13. The second-order valence-corrected chi connectivity index (χ2v) is 7.34. The van der Waals surface area contributed by atoms with Crippen LogP contribution in [0.15, 0.2) is 6.20 Å². The van der Waals surface area contributed by atoms with Crippen LogP contribution in [0, 0.1) is 17.2 Å². The van der Waals surface area contributed by atoms with Gasteiger partial charge < -0.3 is 15.5 Å². The second kappa shape index (κ2) is 10.2. The van der Waals surface area contributed by atoms with Crippen molar-refractivity contribution in [3.05, 3.63) is 11.8 Å². The van der Waals surface area contributed by atoms with Crippen LogP contribution in [0.1, 0.15) is 58.4 Å². The van der Waals surface area contributed by atoms with Crippen LogP contribution < -0.4 is 10.6 Å². The van der Waals surface area contributed by atoms with E-state index in [4.69, 9.17) is 0 Å². The predicted molar refractivity (Wildman–Crippen MR) is 103 cm³/mol. The SMILES string of the molecule is CC(C)CCNc1nc(NCCCN2CCCCC2C)ncc1C#N. The quantitative estimate of drug-likeness (QED) is 0.668. The molecule has 1 saturated heterocycles. The lowest BCUT2D eigenvalue weighted by Crippen LogP contribution is -2.38. The summed E-state index contributed by atoms with van der Waals surface area (Å²) in [7, 11) is 0. The molecule has 0 aliphatic carbocycles. The topological polar surface area (TPSA) is 76.9 Å². The molecule has 2 rings (SSSR count). The van der Waals surface area contributed by atoms with Crippen molar-refractivity contribution < 1.29 is 0 Å². The Morgan fingerprint density at radius 1 is 1.32 bits per heavy atom. The van der Waals surface area contributed by atoms with Gasteiger partial charge in [-0.25, -0.2) is 4.98 Å². The van der Waals surface area contributed by atoms with Crippen LogP contribution >= 0.6 is 0 Å². The maximum Gasteiger partial charge on any atom is 0.224 e. The Morgan fingerprint density at radius 2 is 2.16 bits per heavy atom. The van der Waals surface area contributed by atoms with Crippen molar-refractivity contribution >= 4 is 11.8 Å². The van der Waals surface area contributed by atoms with Crippen LogP contribution in [0.3, 0.4) is 0 Å². The third-order valence-corrected chi connectivity index (χ3v) is 4.77. The molecule has 2 N–H and O–H groups in total. The van der Waals surface area contributed by atoms with E-state index in [9.17, 15) is 5.26 Å². The number of anilines is 2. The molecule has 0 bridgehead atoms. The summed E-state index contributed by atoms with van der Waals surface area (Å²) in [5.41, 5.74) is 0.497. The van der Waals surface area contributed by atoms with E-state index >= 15 is 0 Å². The maximum atomic E-state index is 9.21. The fourth-order valence-corrected chi connectivity index (χ4v) is 3.13. The zero-order valence-corrected chi connectivity index (χ0v) is 15.9. The molecule has 25 heavy (non-hydrogen) atoms. The molecular weight excluding hydrogens is 312 g/mol. The first-order valence-electron chi connectivity index (χ1n) is 9.59. The highest BCUT2D eigenvalue weighted by atomic mass is 15.2. The van der Waals surface area contributed by atoms with Gasteiger partial charge in [-0.1, -0.05) is 20.3 Å². The maximum absolute atomic E-state index is 9.21. The fraction of sp³-hybridized carbons (Fsp3) is 0.737. The number of rotatable bonds is 9. The van der Waals surface area contributed by atoms with Crippen molar-refractivity contribution in [1.82, 2.24) is 14.9 Å². The number of nitrogens with zero attached hydrogens (tertiary/aromatic N) is 4. The number of hydrogen-bond acceptors (Lipinski definition) is 6. The van der Waals surface area contributed by atoms with Crippen molar-refractivity contribution in [3.8, 4) is 6.07 Å². The highest BCUT2D eigenvalue weighted by molar-refractivity contribution is 5.53. The summed E-state index contributed by atoms with van der Waals surface area (Å²) in [5, 5.41) is 15.8. The molecule has 1 aliphatic heterocycles. The van der Waals surface area contributed by atoms with Gasteiger partial charge in [-0.2, -0.15) is 10.2 Å². The van der Waals surface area contributed by atoms with Crippen molar-refractivity contribution in [2.45, 2.75) is 58.9 Å². The van der Waals surface area contributed by atoms with Gasteiger partial charge in [0, 0.05) is 25.7 Å². The van der Waals surface area contributed by atoms with Gasteiger partial charge in [-0.15, -0.1) is 0 Å². The van der Waals surface area contributed by atoms with Gasteiger partial charge in [-0.05, 0) is 45.1 Å². The normalized spacial score (nSPS) is 18.1. The number of hydrogen-bond donors (Lipinski definition) is 2. The molecular formula is C19H32N6. The summed E-state index contributed by atoms with van der Waals surface area (Å²) in [6.07, 6.45) is 7.72. The van der Waals surface area contributed by atoms with Crippen LogP contribution in [0.2, 0.25) is 0 Å². The molecule has 0 saturated carbocycles. The molecule has 1 atom stereocenters. The highest BCUT2D eigenvalue weighted by Crippen LogP contribution is 2.17. The van der Waals surface area contributed by atoms with E-state index in [0.717, 1.165) is 32.5 Å². The monoisotopic (exact) mass is 344 g/mol. The number of nitrogens with one attached hydrogen (secondary N) is 2. The minimum atomic E-state index is 0.497. The largest absolute Gasteiger partial charge is 0.369 e. The van der Waals surface area contributed by atoms with Crippen LogP contribution in [-0.2, 0) is 0 Å². The molecule has 138 valence electrons. The van der Waals surface area contributed by atoms with Gasteiger partial charge in [0.1, 0.15) is 17.5 Å². The first-order chi connectivity index (χ1) is 12.1. The number of piperidine rings is 1. The van der Waals surface area contributed by atoms with Gasteiger partial charge in [0.2, 0.25) is 5.95 Å². The molecule has 0 radical (unpaired) electrons. The summed E-state index contributed by atoms with van der Waals surface area (Å²) in [4.78, 5) is 11.3. The van der Waals surface area contributed by atoms with Gasteiger partial charge in [0.15, 0.2) is 0 Å². The first kappa shape index (κ1) is 19.5. The Bertz CT molecular complexity index is 566. The van der Waals surface area contributed by atoms with Gasteiger partial charge in [-0.3, -0.25) is 0 Å². The van der Waals surface area contributed by atoms with E-state index in [1.54, 1.807) is 6.20 Å².